The number of guanidine groups is 1. The van der Waals surface area contributed by atoms with Gasteiger partial charge in [0.25, 0.3) is 0 Å². The van der Waals surface area contributed by atoms with Crippen LogP contribution in [0.3, 0.4) is 0 Å². The van der Waals surface area contributed by atoms with Gasteiger partial charge in [0.2, 0.25) is 0 Å². The van der Waals surface area contributed by atoms with Crippen molar-refractivity contribution in [3.05, 3.63) is 0 Å². The van der Waals surface area contributed by atoms with Crippen LogP contribution in [0, 0.1) is 5.92 Å². The topological polar surface area (TPSA) is 48.9 Å². The second-order valence-electron chi connectivity index (χ2n) is 8.24. The first-order chi connectivity index (χ1) is 12.3. The third-order valence-corrected chi connectivity index (χ3v) is 6.71. The highest BCUT2D eigenvalue weighted by atomic mass is 127. The van der Waals surface area contributed by atoms with E-state index in [0.717, 1.165) is 44.5 Å². The number of halogens is 1. The molecular formula is C20H39IN4O. The van der Waals surface area contributed by atoms with Gasteiger partial charge in [-0.15, -0.1) is 24.0 Å². The van der Waals surface area contributed by atoms with Gasteiger partial charge in [-0.25, -0.2) is 0 Å². The summed E-state index contributed by atoms with van der Waals surface area (Å²) in [4.78, 5) is 7.23. The zero-order valence-corrected chi connectivity index (χ0v) is 19.1. The van der Waals surface area contributed by atoms with Crippen molar-refractivity contribution in [2.24, 2.45) is 10.9 Å². The summed E-state index contributed by atoms with van der Waals surface area (Å²) in [6.45, 7) is 7.59. The number of hydrogen-bond acceptors (Lipinski definition) is 3. The maximum atomic E-state index is 5.66. The molecule has 152 valence electrons. The number of likely N-dealkylation sites (tertiary alicyclic amines) is 1. The van der Waals surface area contributed by atoms with Gasteiger partial charge < -0.3 is 15.4 Å². The lowest BCUT2D eigenvalue weighted by Crippen LogP contribution is -2.59. The summed E-state index contributed by atoms with van der Waals surface area (Å²) in [5.74, 6) is 1.88. The van der Waals surface area contributed by atoms with Crippen LogP contribution in [0.2, 0.25) is 0 Å². The Hall–Kier alpha value is -0.0800. The molecule has 3 aliphatic rings. The average molecular weight is 478 g/mol. The van der Waals surface area contributed by atoms with Crippen molar-refractivity contribution >= 4 is 29.9 Å². The van der Waals surface area contributed by atoms with Crippen LogP contribution in [-0.4, -0.2) is 62.3 Å². The molecule has 5 nitrogen and oxygen atoms in total. The quantitative estimate of drug-likeness (QED) is 0.362. The summed E-state index contributed by atoms with van der Waals surface area (Å²) < 4.78 is 5.66. The number of nitrogens with one attached hydrogen (secondary N) is 2. The Morgan fingerprint density at radius 3 is 2.54 bits per heavy atom. The molecule has 2 aliphatic heterocycles. The van der Waals surface area contributed by atoms with Gasteiger partial charge in [-0.2, -0.15) is 0 Å². The van der Waals surface area contributed by atoms with Gasteiger partial charge in [0, 0.05) is 38.4 Å². The molecule has 2 heterocycles. The Morgan fingerprint density at radius 2 is 1.88 bits per heavy atom. The van der Waals surface area contributed by atoms with Gasteiger partial charge in [-0.05, 0) is 57.5 Å². The zero-order valence-electron chi connectivity index (χ0n) is 16.8. The van der Waals surface area contributed by atoms with E-state index >= 15 is 0 Å². The first-order valence-corrected chi connectivity index (χ1v) is 10.6. The van der Waals surface area contributed by atoms with E-state index in [1.54, 1.807) is 0 Å². The average Bonchev–Trinajstić information content (AvgIpc) is 3.21. The van der Waals surface area contributed by atoms with Crippen LogP contribution in [0.25, 0.3) is 0 Å². The van der Waals surface area contributed by atoms with Gasteiger partial charge in [0.1, 0.15) is 0 Å². The molecule has 0 spiro atoms. The second kappa shape index (κ2) is 11.1. The largest absolute Gasteiger partial charge is 0.381 e. The van der Waals surface area contributed by atoms with E-state index in [2.05, 4.69) is 27.4 Å². The summed E-state index contributed by atoms with van der Waals surface area (Å²) in [5.41, 5.74) is 0.255. The number of rotatable bonds is 5. The molecule has 2 unspecified atom stereocenters. The first kappa shape index (κ1) is 22.2. The highest BCUT2D eigenvalue weighted by molar-refractivity contribution is 14.0. The van der Waals surface area contributed by atoms with Gasteiger partial charge in [0.05, 0.1) is 0 Å². The van der Waals surface area contributed by atoms with Crippen LogP contribution in [0.4, 0.5) is 0 Å². The van der Waals surface area contributed by atoms with Crippen molar-refractivity contribution in [3.8, 4) is 0 Å². The standard InChI is InChI=1S/C20H38N4O.HI/c1-3-17-7-6-8-18(15-17)23-19(21-2)22-16-20(9-13-25-14-10-20)24-11-4-5-12-24;/h17-18H,3-16H2,1-2H3,(H2,21,22,23);1H. The fourth-order valence-electron chi connectivity index (χ4n) is 4.98. The van der Waals surface area contributed by atoms with Crippen molar-refractivity contribution in [2.75, 3.05) is 39.9 Å². The summed E-state index contributed by atoms with van der Waals surface area (Å²) in [5, 5.41) is 7.39. The van der Waals surface area contributed by atoms with E-state index in [-0.39, 0.29) is 29.5 Å². The van der Waals surface area contributed by atoms with Gasteiger partial charge >= 0.3 is 0 Å². The van der Waals surface area contributed by atoms with Crippen molar-refractivity contribution in [1.82, 2.24) is 15.5 Å². The molecule has 3 fully saturated rings. The fourth-order valence-corrected chi connectivity index (χ4v) is 4.98. The molecule has 0 aromatic carbocycles. The molecule has 6 heteroatoms. The molecule has 0 aromatic heterocycles. The van der Waals surface area contributed by atoms with E-state index in [0.29, 0.717) is 6.04 Å². The lowest BCUT2D eigenvalue weighted by atomic mass is 9.84. The van der Waals surface area contributed by atoms with Crippen LogP contribution in [0.5, 0.6) is 0 Å². The highest BCUT2D eigenvalue weighted by Crippen LogP contribution is 2.31. The van der Waals surface area contributed by atoms with Gasteiger partial charge in [-0.1, -0.05) is 26.2 Å². The van der Waals surface area contributed by atoms with Crippen LogP contribution < -0.4 is 10.6 Å². The van der Waals surface area contributed by atoms with E-state index in [9.17, 15) is 0 Å². The predicted octanol–water partition coefficient (Wildman–Crippen LogP) is 3.38. The van der Waals surface area contributed by atoms with Gasteiger partial charge in [-0.3, -0.25) is 9.89 Å². The zero-order chi connectivity index (χ0) is 17.5. The molecule has 1 aliphatic carbocycles. The monoisotopic (exact) mass is 478 g/mol. The molecule has 0 radical (unpaired) electrons. The molecule has 26 heavy (non-hydrogen) atoms. The Bertz CT molecular complexity index is 434. The van der Waals surface area contributed by atoms with Crippen LogP contribution in [0.15, 0.2) is 4.99 Å². The van der Waals surface area contributed by atoms with E-state index in [1.165, 1.54) is 58.0 Å². The van der Waals surface area contributed by atoms with Crippen LogP contribution in [0.1, 0.15) is 64.7 Å². The summed E-state index contributed by atoms with van der Waals surface area (Å²) in [6, 6.07) is 0.585. The lowest BCUT2D eigenvalue weighted by Gasteiger charge is -2.45. The summed E-state index contributed by atoms with van der Waals surface area (Å²) in [7, 11) is 1.90. The third kappa shape index (κ3) is 5.71. The first-order valence-electron chi connectivity index (χ1n) is 10.6. The fraction of sp³-hybridized carbons (Fsp3) is 0.950. The number of hydrogen-bond donors (Lipinski definition) is 2. The Balaban J connectivity index is 0.00000243. The van der Waals surface area contributed by atoms with Crippen LogP contribution in [-0.2, 0) is 4.74 Å². The van der Waals surface area contributed by atoms with Crippen molar-refractivity contribution in [3.63, 3.8) is 0 Å². The normalized spacial score (nSPS) is 29.8. The maximum absolute atomic E-state index is 5.66. The van der Waals surface area contributed by atoms with E-state index in [4.69, 9.17) is 4.74 Å². The molecule has 2 atom stereocenters. The number of ether oxygens (including phenoxy) is 1. The molecule has 1 saturated carbocycles. The molecule has 2 N–H and O–H groups in total. The number of aliphatic imine (C=N–C) groups is 1. The van der Waals surface area contributed by atoms with Gasteiger partial charge in [0.15, 0.2) is 5.96 Å². The Labute approximate surface area is 177 Å². The highest BCUT2D eigenvalue weighted by Gasteiger charge is 2.39. The lowest BCUT2D eigenvalue weighted by molar-refractivity contribution is -0.0164. The second-order valence-corrected chi connectivity index (χ2v) is 8.24. The third-order valence-electron chi connectivity index (χ3n) is 6.71. The van der Waals surface area contributed by atoms with Crippen molar-refractivity contribution < 1.29 is 4.74 Å². The van der Waals surface area contributed by atoms with E-state index < -0.39 is 0 Å². The molecule has 0 bridgehead atoms. The smallest absolute Gasteiger partial charge is 0.191 e. The minimum Gasteiger partial charge on any atom is -0.381 e. The molecule has 0 aromatic rings. The van der Waals surface area contributed by atoms with E-state index in [1.807, 2.05) is 7.05 Å². The van der Waals surface area contributed by atoms with Crippen LogP contribution >= 0.6 is 24.0 Å². The Kier molecular flexibility index (Phi) is 9.44. The minimum atomic E-state index is 0. The SMILES string of the molecule is CCC1CCCC(NC(=NC)NCC2(N3CCCC3)CCOCC2)C1.I. The summed E-state index contributed by atoms with van der Waals surface area (Å²) >= 11 is 0. The Morgan fingerprint density at radius 1 is 1.15 bits per heavy atom. The molecule has 2 saturated heterocycles. The molecule has 3 rings (SSSR count). The van der Waals surface area contributed by atoms with Crippen molar-refractivity contribution in [2.45, 2.75) is 76.3 Å². The predicted molar refractivity (Wildman–Crippen MR) is 120 cm³/mol. The minimum absolute atomic E-state index is 0. The molecule has 0 amide bonds. The van der Waals surface area contributed by atoms with Crippen molar-refractivity contribution in [1.29, 1.82) is 0 Å². The molecular weight excluding hydrogens is 439 g/mol. The maximum Gasteiger partial charge on any atom is 0.191 e. The number of nitrogens with zero attached hydrogens (tertiary/aromatic N) is 2. The summed E-state index contributed by atoms with van der Waals surface area (Å²) in [6.07, 6.45) is 11.6.